The molecule has 6 N–H and O–H groups in total. The standard InChI is InChI=1S/C5H12O6/c1-3(2,4(6,7)8)5(9,10)11/h6-11H,1-2H3. The van der Waals surface area contributed by atoms with Crippen molar-refractivity contribution in [1.82, 2.24) is 0 Å². The van der Waals surface area contributed by atoms with Crippen molar-refractivity contribution in [2.24, 2.45) is 5.41 Å². The molecule has 0 aromatic heterocycles. The van der Waals surface area contributed by atoms with E-state index in [2.05, 4.69) is 0 Å². The first-order valence-electron chi connectivity index (χ1n) is 2.84. The minimum Gasteiger partial charge on any atom is -0.343 e. The molecule has 0 atom stereocenters. The van der Waals surface area contributed by atoms with E-state index >= 15 is 0 Å². The monoisotopic (exact) mass is 168 g/mol. The summed E-state index contributed by atoms with van der Waals surface area (Å²) in [6.45, 7) is 1.71. The van der Waals surface area contributed by atoms with Gasteiger partial charge in [0.25, 0.3) is 11.9 Å². The third kappa shape index (κ3) is 1.86. The third-order valence-electron chi connectivity index (χ3n) is 1.68. The molecular weight excluding hydrogens is 156 g/mol. The van der Waals surface area contributed by atoms with E-state index in [1.165, 1.54) is 0 Å². The normalized spacial score (nSPS) is 15.3. The van der Waals surface area contributed by atoms with Crippen LogP contribution in [0.5, 0.6) is 0 Å². The third-order valence-corrected chi connectivity index (χ3v) is 1.68. The molecule has 0 aliphatic rings. The van der Waals surface area contributed by atoms with Crippen LogP contribution in [0.3, 0.4) is 0 Å². The van der Waals surface area contributed by atoms with Crippen molar-refractivity contribution in [3.63, 3.8) is 0 Å². The second kappa shape index (κ2) is 2.37. The molecule has 0 rings (SSSR count). The van der Waals surface area contributed by atoms with Gasteiger partial charge < -0.3 is 30.6 Å². The molecule has 0 amide bonds. The van der Waals surface area contributed by atoms with Gasteiger partial charge in [-0.25, -0.2) is 0 Å². The molecule has 0 fully saturated rings. The molecule has 0 spiro atoms. The van der Waals surface area contributed by atoms with Crippen LogP contribution in [0, 0.1) is 5.41 Å². The summed E-state index contributed by atoms with van der Waals surface area (Å²) in [6, 6.07) is 0. The van der Waals surface area contributed by atoms with E-state index in [1.54, 1.807) is 0 Å². The number of rotatable bonds is 2. The SMILES string of the molecule is CC(C)(C(O)(O)O)C(O)(O)O. The van der Waals surface area contributed by atoms with Crippen LogP contribution in [0.15, 0.2) is 0 Å². The summed E-state index contributed by atoms with van der Waals surface area (Å²) in [4.78, 5) is 0. The van der Waals surface area contributed by atoms with Crippen molar-refractivity contribution in [3.05, 3.63) is 0 Å². The molecule has 0 aliphatic heterocycles. The molecule has 0 saturated heterocycles. The van der Waals surface area contributed by atoms with Gasteiger partial charge in [0, 0.05) is 0 Å². The molecule has 0 bridgehead atoms. The molecule has 0 radical (unpaired) electrons. The van der Waals surface area contributed by atoms with E-state index in [1.807, 2.05) is 0 Å². The maximum atomic E-state index is 8.51. The van der Waals surface area contributed by atoms with Crippen LogP contribution in [0.25, 0.3) is 0 Å². The largest absolute Gasteiger partial charge is 0.343 e. The summed E-state index contributed by atoms with van der Waals surface area (Å²) in [6.07, 6.45) is 0. The molecule has 0 aromatic carbocycles. The summed E-state index contributed by atoms with van der Waals surface area (Å²) in [5.74, 6) is -6.74. The highest BCUT2D eigenvalue weighted by Crippen LogP contribution is 2.34. The Morgan fingerprint density at radius 2 is 0.818 bits per heavy atom. The lowest BCUT2D eigenvalue weighted by molar-refractivity contribution is -0.472. The van der Waals surface area contributed by atoms with Gasteiger partial charge in [0.1, 0.15) is 5.41 Å². The minimum absolute atomic E-state index is 0.854. The number of hydrogen-bond acceptors (Lipinski definition) is 6. The van der Waals surface area contributed by atoms with E-state index < -0.39 is 17.4 Å². The van der Waals surface area contributed by atoms with Crippen LogP contribution >= 0.6 is 0 Å². The van der Waals surface area contributed by atoms with Crippen LogP contribution in [-0.4, -0.2) is 42.6 Å². The molecular formula is C5H12O6. The highest BCUT2D eigenvalue weighted by Gasteiger charge is 2.55. The summed E-state index contributed by atoms with van der Waals surface area (Å²) in [7, 11) is 0. The Morgan fingerprint density at radius 3 is 0.818 bits per heavy atom. The van der Waals surface area contributed by atoms with Crippen molar-refractivity contribution in [3.8, 4) is 0 Å². The second-order valence-corrected chi connectivity index (χ2v) is 2.90. The molecule has 68 valence electrons. The second-order valence-electron chi connectivity index (χ2n) is 2.90. The summed E-state index contributed by atoms with van der Waals surface area (Å²) >= 11 is 0. The average Bonchev–Trinajstić information content (AvgIpc) is 1.58. The van der Waals surface area contributed by atoms with Crippen molar-refractivity contribution in [2.75, 3.05) is 0 Å². The Labute approximate surface area is 63.0 Å². The zero-order valence-electron chi connectivity index (χ0n) is 6.18. The molecule has 0 heterocycles. The van der Waals surface area contributed by atoms with Gasteiger partial charge in [-0.3, -0.25) is 0 Å². The summed E-state index contributed by atoms with van der Waals surface area (Å²) < 4.78 is 0. The first-order chi connectivity index (χ1) is 4.50. The van der Waals surface area contributed by atoms with Crippen LogP contribution in [-0.2, 0) is 0 Å². The average molecular weight is 168 g/mol. The Kier molecular flexibility index (Phi) is 2.32. The van der Waals surface area contributed by atoms with Crippen molar-refractivity contribution in [2.45, 2.75) is 25.8 Å². The van der Waals surface area contributed by atoms with Crippen LogP contribution in [0.2, 0.25) is 0 Å². The van der Waals surface area contributed by atoms with Crippen LogP contribution in [0.4, 0.5) is 0 Å². The van der Waals surface area contributed by atoms with Gasteiger partial charge in [-0.15, -0.1) is 0 Å². The molecule has 0 aliphatic carbocycles. The predicted octanol–water partition coefficient (Wildman–Crippen LogP) is -2.73. The van der Waals surface area contributed by atoms with E-state index in [0.29, 0.717) is 0 Å². The van der Waals surface area contributed by atoms with Gasteiger partial charge in [0.15, 0.2) is 0 Å². The molecule has 0 aromatic rings. The first-order valence-corrected chi connectivity index (χ1v) is 2.84. The Hall–Kier alpha value is -0.240. The smallest absolute Gasteiger partial charge is 0.288 e. The topological polar surface area (TPSA) is 121 Å². The van der Waals surface area contributed by atoms with Gasteiger partial charge in [0.05, 0.1) is 0 Å². The quantitative estimate of drug-likeness (QED) is 0.249. The lowest BCUT2D eigenvalue weighted by atomic mass is 9.87. The fraction of sp³-hybridized carbons (Fsp3) is 1.00. The fourth-order valence-corrected chi connectivity index (χ4v) is 0.225. The predicted molar refractivity (Wildman–Crippen MR) is 32.6 cm³/mol. The van der Waals surface area contributed by atoms with E-state index in [0.717, 1.165) is 13.8 Å². The Morgan fingerprint density at radius 1 is 0.636 bits per heavy atom. The van der Waals surface area contributed by atoms with Crippen LogP contribution < -0.4 is 0 Å². The lowest BCUT2D eigenvalue weighted by Gasteiger charge is -2.38. The van der Waals surface area contributed by atoms with Gasteiger partial charge in [0.2, 0.25) is 0 Å². The lowest BCUT2D eigenvalue weighted by Crippen LogP contribution is -2.59. The first kappa shape index (κ1) is 10.8. The zero-order chi connectivity index (χ0) is 9.50. The fourth-order valence-electron chi connectivity index (χ4n) is 0.225. The van der Waals surface area contributed by atoms with Crippen molar-refractivity contribution in [1.29, 1.82) is 0 Å². The summed E-state index contributed by atoms with van der Waals surface area (Å²) in [5.41, 5.74) is -2.29. The van der Waals surface area contributed by atoms with Gasteiger partial charge in [-0.1, -0.05) is 0 Å². The number of hydrogen-bond donors (Lipinski definition) is 6. The highest BCUT2D eigenvalue weighted by atomic mass is 16.7. The van der Waals surface area contributed by atoms with E-state index in [4.69, 9.17) is 30.6 Å². The molecule has 6 heteroatoms. The maximum absolute atomic E-state index is 8.51. The van der Waals surface area contributed by atoms with Gasteiger partial charge >= 0.3 is 0 Å². The van der Waals surface area contributed by atoms with Gasteiger partial charge in [-0.2, -0.15) is 0 Å². The molecule has 6 nitrogen and oxygen atoms in total. The van der Waals surface area contributed by atoms with E-state index in [9.17, 15) is 0 Å². The van der Waals surface area contributed by atoms with Gasteiger partial charge in [-0.05, 0) is 13.8 Å². The van der Waals surface area contributed by atoms with Crippen molar-refractivity contribution < 1.29 is 30.6 Å². The molecule has 0 saturated carbocycles. The minimum atomic E-state index is -3.37. The van der Waals surface area contributed by atoms with E-state index in [-0.39, 0.29) is 0 Å². The van der Waals surface area contributed by atoms with Crippen LogP contribution in [0.1, 0.15) is 13.8 Å². The Balaban J connectivity index is 4.75. The maximum Gasteiger partial charge on any atom is 0.288 e. The van der Waals surface area contributed by atoms with Crippen molar-refractivity contribution >= 4 is 0 Å². The zero-order valence-corrected chi connectivity index (χ0v) is 6.18. The highest BCUT2D eigenvalue weighted by molar-refractivity contribution is 4.81. The summed E-state index contributed by atoms with van der Waals surface area (Å²) in [5, 5.41) is 51.1. The number of aliphatic hydroxyl groups is 6. The Bertz CT molecular complexity index is 122. The molecule has 11 heavy (non-hydrogen) atoms. The molecule has 0 unspecified atom stereocenters.